The van der Waals surface area contributed by atoms with E-state index < -0.39 is 27.4 Å². The zero-order chi connectivity index (χ0) is 7.56. The second-order valence-corrected chi connectivity index (χ2v) is 10.8. The Morgan fingerprint density at radius 3 is 2.40 bits per heavy atom. The van der Waals surface area contributed by atoms with E-state index in [0.717, 1.165) is 0 Å². The predicted molar refractivity (Wildman–Crippen MR) is 41.1 cm³/mol. The predicted octanol–water partition coefficient (Wildman–Crippen LogP) is 1.16. The molecule has 0 spiro atoms. The maximum absolute atomic E-state index is 10.5. The first-order chi connectivity index (χ1) is 4.72. The van der Waals surface area contributed by atoms with Crippen LogP contribution in [0.2, 0.25) is 3.67 Å². The summed E-state index contributed by atoms with van der Waals surface area (Å²) in [5, 5.41) is 8.63. The summed E-state index contributed by atoms with van der Waals surface area (Å²) in [5.74, 6) is -0.642. The van der Waals surface area contributed by atoms with Gasteiger partial charge in [-0.2, -0.15) is 0 Å². The Kier molecular flexibility index (Phi) is 2.60. The molecule has 0 saturated carbocycles. The Labute approximate surface area is 67.8 Å². The van der Waals surface area contributed by atoms with Gasteiger partial charge in [0.05, 0.1) is 0 Å². The summed E-state index contributed by atoms with van der Waals surface area (Å²) in [4.78, 5) is 10.5. The second kappa shape index (κ2) is 3.28. The topological polar surface area (TPSA) is 37.3 Å². The molecule has 0 radical (unpaired) electrons. The minimum absolute atomic E-state index is 0.0863. The zero-order valence-electron chi connectivity index (χ0n) is 5.82. The summed E-state index contributed by atoms with van der Waals surface area (Å²) >= 11 is -1.85. The fourth-order valence-corrected chi connectivity index (χ4v) is 6.35. The Morgan fingerprint density at radius 2 is 2.00 bits per heavy atom. The summed E-state index contributed by atoms with van der Waals surface area (Å²) in [5.41, 5.74) is 0. The van der Waals surface area contributed by atoms with Crippen LogP contribution in [0.3, 0.4) is 0 Å². The van der Waals surface area contributed by atoms with Gasteiger partial charge in [-0.15, -0.1) is 0 Å². The van der Waals surface area contributed by atoms with Crippen molar-refractivity contribution in [2.24, 2.45) is 0 Å². The van der Waals surface area contributed by atoms with E-state index in [4.69, 9.17) is 5.11 Å². The van der Waals surface area contributed by atoms with E-state index >= 15 is 0 Å². The van der Waals surface area contributed by atoms with E-state index in [-0.39, 0.29) is 3.67 Å². The van der Waals surface area contributed by atoms with Gasteiger partial charge in [-0.3, -0.25) is 0 Å². The van der Waals surface area contributed by atoms with Crippen LogP contribution in [0.25, 0.3) is 0 Å². The van der Waals surface area contributed by atoms with E-state index in [1.807, 2.05) is 19.1 Å². The molecule has 1 rings (SSSR count). The molecule has 0 bridgehead atoms. The molecule has 3 heteroatoms. The number of hydrogen-bond donors (Lipinski definition) is 1. The first-order valence-electron chi connectivity index (χ1n) is 3.29. The van der Waals surface area contributed by atoms with Crippen molar-refractivity contribution < 1.29 is 9.90 Å². The van der Waals surface area contributed by atoms with Crippen molar-refractivity contribution in [3.8, 4) is 0 Å². The van der Waals surface area contributed by atoms with Crippen molar-refractivity contribution in [1.29, 1.82) is 0 Å². The molecule has 1 aliphatic rings. The van der Waals surface area contributed by atoms with E-state index in [1.54, 1.807) is 0 Å². The summed E-state index contributed by atoms with van der Waals surface area (Å²) in [6.07, 6.45) is 3.94. The average molecular weight is 240 g/mol. The summed E-state index contributed by atoms with van der Waals surface area (Å²) in [6.45, 7) is 1.81. The van der Waals surface area contributed by atoms with Crippen LogP contribution in [0.4, 0.5) is 0 Å². The van der Waals surface area contributed by atoms with Crippen LogP contribution in [0.15, 0.2) is 19.8 Å². The van der Waals surface area contributed by atoms with E-state index in [9.17, 15) is 4.79 Å². The molecule has 52 valence electrons. The SMILES string of the molecule is C[CH](C(=O)O)[In]1[CH]=CC=[CH]1. The van der Waals surface area contributed by atoms with Crippen molar-refractivity contribution in [2.45, 2.75) is 10.6 Å². The van der Waals surface area contributed by atoms with Gasteiger partial charge >= 0.3 is 67.7 Å². The van der Waals surface area contributed by atoms with Gasteiger partial charge < -0.3 is 0 Å². The molecule has 1 N–H and O–H groups in total. The molecular weight excluding hydrogens is 231 g/mol. The summed E-state index contributed by atoms with van der Waals surface area (Å²) in [7, 11) is 0. The standard InChI is InChI=1S/C4H4.C3H5O2.In/c1-3-4-2;1-2-3(4)5;/h1-4H;2H,1H3,(H,4,5);. The number of aliphatic carboxylic acids is 1. The first-order valence-corrected chi connectivity index (χ1v) is 9.00. The third-order valence-corrected chi connectivity index (χ3v) is 9.66. The Morgan fingerprint density at radius 1 is 1.50 bits per heavy atom. The van der Waals surface area contributed by atoms with Crippen LogP contribution in [0.5, 0.6) is 0 Å². The Balaban J connectivity index is 2.57. The summed E-state index contributed by atoms with van der Waals surface area (Å²) < 4.78 is 4.14. The number of hydrogen-bond acceptors (Lipinski definition) is 1. The van der Waals surface area contributed by atoms with Gasteiger partial charge in [0.2, 0.25) is 0 Å². The molecule has 10 heavy (non-hydrogen) atoms. The van der Waals surface area contributed by atoms with E-state index in [1.165, 1.54) is 0 Å². The van der Waals surface area contributed by atoms with Crippen LogP contribution >= 0.6 is 0 Å². The molecule has 1 aliphatic heterocycles. The van der Waals surface area contributed by atoms with Gasteiger partial charge in [-0.05, 0) is 0 Å². The van der Waals surface area contributed by atoms with Crippen LogP contribution in [-0.4, -0.2) is 32.5 Å². The quantitative estimate of drug-likeness (QED) is 0.786. The number of allylic oxidation sites excluding steroid dienone is 2. The molecule has 0 aromatic heterocycles. The van der Waals surface area contributed by atoms with Gasteiger partial charge in [0.25, 0.3) is 0 Å². The first kappa shape index (κ1) is 7.92. The van der Waals surface area contributed by atoms with Crippen molar-refractivity contribution in [3.63, 3.8) is 0 Å². The maximum atomic E-state index is 10.5. The second-order valence-electron chi connectivity index (χ2n) is 2.47. The third kappa shape index (κ3) is 1.66. The number of carboxylic acid groups (broad SMARTS) is 1. The third-order valence-electron chi connectivity index (χ3n) is 1.74. The van der Waals surface area contributed by atoms with Gasteiger partial charge in [0, 0.05) is 0 Å². The fourth-order valence-electron chi connectivity index (χ4n) is 0.947. The van der Waals surface area contributed by atoms with Gasteiger partial charge in [0.15, 0.2) is 0 Å². The zero-order valence-corrected chi connectivity index (χ0v) is 9.12. The average Bonchev–Trinajstić information content (AvgIpc) is 2.36. The van der Waals surface area contributed by atoms with Crippen LogP contribution in [0, 0.1) is 0 Å². The molecule has 0 saturated heterocycles. The number of rotatable bonds is 2. The van der Waals surface area contributed by atoms with Crippen molar-refractivity contribution in [1.82, 2.24) is 0 Å². The van der Waals surface area contributed by atoms with Crippen LogP contribution in [-0.2, 0) is 4.79 Å². The fraction of sp³-hybridized carbons (Fsp3) is 0.286. The van der Waals surface area contributed by atoms with Crippen molar-refractivity contribution in [2.75, 3.05) is 0 Å². The van der Waals surface area contributed by atoms with Crippen LogP contribution in [0.1, 0.15) is 6.92 Å². The number of carbonyl (C=O) groups is 1. The van der Waals surface area contributed by atoms with Crippen molar-refractivity contribution >= 4 is 27.4 Å². The molecule has 1 unspecified atom stereocenters. The molecule has 0 aromatic rings. The normalized spacial score (nSPS) is 17.9. The summed E-state index contributed by atoms with van der Waals surface area (Å²) in [6, 6.07) is 0. The van der Waals surface area contributed by atoms with Gasteiger partial charge in [0.1, 0.15) is 0 Å². The van der Waals surface area contributed by atoms with E-state index in [2.05, 4.69) is 7.67 Å². The molecular formula is C7H9InO2. The molecule has 0 aliphatic carbocycles. The van der Waals surface area contributed by atoms with E-state index in [0.29, 0.717) is 0 Å². The Hall–Kier alpha value is -0.180. The molecule has 0 amide bonds. The monoisotopic (exact) mass is 240 g/mol. The van der Waals surface area contributed by atoms with Gasteiger partial charge in [-0.25, -0.2) is 0 Å². The molecule has 0 fully saturated rings. The van der Waals surface area contributed by atoms with Crippen molar-refractivity contribution in [3.05, 3.63) is 19.8 Å². The molecule has 1 atom stereocenters. The minimum atomic E-state index is -1.85. The number of carboxylic acids is 1. The Bertz CT molecular complexity index is 184. The molecule has 1 heterocycles. The molecule has 0 aromatic carbocycles. The molecule has 2 nitrogen and oxygen atoms in total. The van der Waals surface area contributed by atoms with Crippen LogP contribution < -0.4 is 0 Å². The van der Waals surface area contributed by atoms with Gasteiger partial charge in [-0.1, -0.05) is 0 Å².